The summed E-state index contributed by atoms with van der Waals surface area (Å²) in [6.07, 6.45) is 6.28. The smallest absolute Gasteiger partial charge is 0.407 e. The maximum atomic E-state index is 14.1. The number of benzene rings is 3. The first kappa shape index (κ1) is 45.3. The van der Waals surface area contributed by atoms with Crippen LogP contribution in [0.4, 0.5) is 9.59 Å². The first-order valence-corrected chi connectivity index (χ1v) is 24.6. The van der Waals surface area contributed by atoms with Crippen molar-refractivity contribution in [1.29, 1.82) is 0 Å². The van der Waals surface area contributed by atoms with E-state index in [1.54, 1.807) is 33.4 Å². The Morgan fingerprint density at radius 2 is 1.63 bits per heavy atom. The Balaban J connectivity index is 1.01. The average Bonchev–Trinajstić information content (AvgIpc) is 4.15. The van der Waals surface area contributed by atoms with E-state index in [0.29, 0.717) is 24.6 Å². The minimum absolute atomic E-state index is 0.0370. The maximum Gasteiger partial charge on any atom is 0.407 e. The van der Waals surface area contributed by atoms with Crippen LogP contribution in [0.2, 0.25) is 0 Å². The number of thiophene rings is 1. The second-order valence-electron chi connectivity index (χ2n) is 17.3. The highest BCUT2D eigenvalue weighted by atomic mass is 32.2. The second kappa shape index (κ2) is 18.7. The number of carbonyl (C=O) groups excluding carboxylic acids is 4. The minimum atomic E-state index is -3.39. The lowest BCUT2D eigenvalue weighted by Gasteiger charge is -2.36. The molecule has 1 aliphatic heterocycles. The van der Waals surface area contributed by atoms with Gasteiger partial charge in [-0.25, -0.2) is 28.0 Å². The molecule has 16 nitrogen and oxygen atoms in total. The van der Waals surface area contributed by atoms with Crippen molar-refractivity contribution in [3.63, 3.8) is 0 Å². The predicted octanol–water partition coefficient (Wildman–Crippen LogP) is 7.48. The number of alkyl carbamates (subject to hydrolysis) is 2. The number of aromatic nitrogens is 4. The van der Waals surface area contributed by atoms with Crippen LogP contribution in [0.1, 0.15) is 63.6 Å². The average molecular weight is 923 g/mol. The zero-order chi connectivity index (χ0) is 46.2. The molecule has 65 heavy (non-hydrogen) atoms. The Bertz CT molecular complexity index is 2900. The highest BCUT2D eigenvalue weighted by molar-refractivity contribution is 7.90. The summed E-state index contributed by atoms with van der Waals surface area (Å²) in [5.74, 6) is 0.485. The van der Waals surface area contributed by atoms with Gasteiger partial charge in [-0.2, -0.15) is 0 Å². The first-order chi connectivity index (χ1) is 31.1. The highest BCUT2D eigenvalue weighted by Crippen LogP contribution is 2.50. The van der Waals surface area contributed by atoms with Crippen LogP contribution >= 0.6 is 11.3 Å². The molecule has 1 saturated heterocycles. The summed E-state index contributed by atoms with van der Waals surface area (Å²) in [6.45, 7) is 8.20. The lowest BCUT2D eigenvalue weighted by atomic mass is 9.97. The number of sulfone groups is 1. The summed E-state index contributed by atoms with van der Waals surface area (Å²) in [4.78, 5) is 72.1. The fourth-order valence-corrected chi connectivity index (χ4v) is 11.1. The molecule has 4 amide bonds. The van der Waals surface area contributed by atoms with Crippen molar-refractivity contribution in [3.05, 3.63) is 85.1 Å². The molecule has 4 heterocycles. The van der Waals surface area contributed by atoms with Gasteiger partial charge in [0.1, 0.15) is 33.6 Å². The SMILES string of the molecule is C=CCCN(Cc1ncc(-c2ccc3c(c2)sc2cc(-c4ccc5nc(C6C7CCC(C7)N6C(=O)C(CCS(C)(=O)=O)NC(=O)OC)[nH]c5c4)ccc23)[nH]1)C(=O)C(NC(=O)OC)C(C)C. The van der Waals surface area contributed by atoms with Crippen LogP contribution in [0.25, 0.3) is 53.6 Å². The number of hydrogen-bond acceptors (Lipinski definition) is 11. The Hall–Kier alpha value is -6.27. The quantitative estimate of drug-likeness (QED) is 0.0704. The van der Waals surface area contributed by atoms with E-state index in [9.17, 15) is 27.6 Å². The van der Waals surface area contributed by atoms with Gasteiger partial charge in [-0.05, 0) is 79.3 Å². The van der Waals surface area contributed by atoms with Crippen LogP contribution in [0.5, 0.6) is 0 Å². The van der Waals surface area contributed by atoms with Gasteiger partial charge in [-0.15, -0.1) is 17.9 Å². The Labute approximate surface area is 381 Å². The number of ether oxygens (including phenoxy) is 2. The van der Waals surface area contributed by atoms with E-state index in [0.717, 1.165) is 79.1 Å². The largest absolute Gasteiger partial charge is 0.453 e. The van der Waals surface area contributed by atoms with E-state index in [1.807, 2.05) is 26.0 Å². The molecule has 3 aromatic carbocycles. The molecule has 3 aromatic heterocycles. The highest BCUT2D eigenvalue weighted by Gasteiger charge is 2.51. The van der Waals surface area contributed by atoms with Gasteiger partial charge in [0, 0.05) is 44.6 Å². The van der Waals surface area contributed by atoms with Gasteiger partial charge in [0.15, 0.2) is 0 Å². The van der Waals surface area contributed by atoms with Crippen molar-refractivity contribution in [2.75, 3.05) is 32.8 Å². The van der Waals surface area contributed by atoms with Gasteiger partial charge in [-0.3, -0.25) is 9.59 Å². The summed E-state index contributed by atoms with van der Waals surface area (Å²) in [6, 6.07) is 16.7. The van der Waals surface area contributed by atoms with Crippen LogP contribution in [0, 0.1) is 11.8 Å². The molecule has 2 bridgehead atoms. The summed E-state index contributed by atoms with van der Waals surface area (Å²) in [7, 11) is -0.911. The van der Waals surface area contributed by atoms with Gasteiger partial charge in [0.25, 0.3) is 0 Å². The Kier molecular flexibility index (Phi) is 13.0. The van der Waals surface area contributed by atoms with E-state index in [2.05, 4.69) is 74.6 Å². The lowest BCUT2D eigenvalue weighted by molar-refractivity contribution is -0.138. The van der Waals surface area contributed by atoms with Gasteiger partial charge in [0.05, 0.1) is 55.5 Å². The molecule has 0 radical (unpaired) electrons. The first-order valence-electron chi connectivity index (χ1n) is 21.7. The molecule has 18 heteroatoms. The summed E-state index contributed by atoms with van der Waals surface area (Å²) in [5, 5.41) is 7.53. The zero-order valence-electron chi connectivity index (χ0n) is 37.1. The number of methoxy groups -OCH3 is 2. The Morgan fingerprint density at radius 1 is 0.954 bits per heavy atom. The number of nitrogens with zero attached hydrogens (tertiary/aromatic N) is 4. The predicted molar refractivity (Wildman–Crippen MR) is 251 cm³/mol. The third-order valence-electron chi connectivity index (χ3n) is 12.6. The minimum Gasteiger partial charge on any atom is -0.453 e. The summed E-state index contributed by atoms with van der Waals surface area (Å²) < 4.78 is 35.9. The van der Waals surface area contributed by atoms with Crippen molar-refractivity contribution in [3.8, 4) is 22.4 Å². The number of imidazole rings is 2. The topological polar surface area (TPSA) is 209 Å². The van der Waals surface area contributed by atoms with Crippen molar-refractivity contribution < 1.29 is 37.1 Å². The molecule has 1 aliphatic carbocycles. The third kappa shape index (κ3) is 9.59. The number of fused-ring (bicyclic) bond motifs is 6. The molecule has 8 rings (SSSR count). The fraction of sp³-hybridized carbons (Fsp3) is 0.404. The number of H-pyrrole nitrogens is 2. The second-order valence-corrected chi connectivity index (χ2v) is 20.7. The normalized spacial score (nSPS) is 18.0. The molecule has 1 saturated carbocycles. The number of rotatable bonds is 16. The van der Waals surface area contributed by atoms with Crippen LogP contribution in [0.15, 0.2) is 73.4 Å². The van der Waals surface area contributed by atoms with Crippen molar-refractivity contribution >= 4 is 76.4 Å². The fourth-order valence-electron chi connectivity index (χ4n) is 9.28. The Morgan fingerprint density at radius 3 is 2.32 bits per heavy atom. The molecule has 0 spiro atoms. The van der Waals surface area contributed by atoms with Crippen molar-refractivity contribution in [2.24, 2.45) is 11.8 Å². The number of likely N-dealkylation sites (tertiary alicyclic amines) is 1. The van der Waals surface area contributed by atoms with E-state index in [-0.39, 0.29) is 54.5 Å². The molecule has 4 N–H and O–H groups in total. The number of aromatic amines is 2. The van der Waals surface area contributed by atoms with Crippen molar-refractivity contribution in [2.45, 2.75) is 76.7 Å². The zero-order valence-corrected chi connectivity index (χ0v) is 38.7. The number of nitrogens with one attached hydrogen (secondary N) is 4. The van der Waals surface area contributed by atoms with Gasteiger partial charge >= 0.3 is 12.2 Å². The molecule has 2 fully saturated rings. The van der Waals surface area contributed by atoms with E-state index in [1.165, 1.54) is 14.2 Å². The summed E-state index contributed by atoms with van der Waals surface area (Å²) in [5.41, 5.74) is 5.42. The molecule has 6 aromatic rings. The van der Waals surface area contributed by atoms with E-state index in [4.69, 9.17) is 14.5 Å². The van der Waals surface area contributed by atoms with Crippen molar-refractivity contribution in [1.82, 2.24) is 40.4 Å². The maximum absolute atomic E-state index is 14.1. The summed E-state index contributed by atoms with van der Waals surface area (Å²) >= 11 is 1.70. The van der Waals surface area contributed by atoms with Crippen LogP contribution in [0.3, 0.4) is 0 Å². The molecule has 5 unspecified atom stereocenters. The van der Waals surface area contributed by atoms with Gasteiger partial charge in [0.2, 0.25) is 11.8 Å². The number of hydrogen-bond donors (Lipinski definition) is 4. The molecule has 2 aliphatic rings. The van der Waals surface area contributed by atoms with Crippen LogP contribution in [-0.2, 0) is 35.4 Å². The third-order valence-corrected chi connectivity index (χ3v) is 14.7. The number of carbonyl (C=O) groups is 4. The van der Waals surface area contributed by atoms with Crippen LogP contribution < -0.4 is 10.6 Å². The number of piperidine rings is 1. The van der Waals surface area contributed by atoms with Gasteiger partial charge < -0.3 is 39.9 Å². The van der Waals surface area contributed by atoms with E-state index >= 15 is 0 Å². The molecular weight excluding hydrogens is 869 g/mol. The van der Waals surface area contributed by atoms with Gasteiger partial charge in [-0.1, -0.05) is 50.3 Å². The number of amides is 4. The lowest BCUT2D eigenvalue weighted by Crippen LogP contribution is -2.52. The molecule has 342 valence electrons. The monoisotopic (exact) mass is 922 g/mol. The molecule has 5 atom stereocenters. The standard InChI is InChI=1S/C47H54N8O8S2/c1-7-8-18-54(45(57)41(26(2)3)53-47(59)63-5)25-40-48-24-37(49-40)29-11-15-33-32-14-10-28(22-38(32)64-39(33)23-29)27-12-16-34-36(21-27)51-43(50-34)42-30-9-13-31(20-30)55(42)44(56)35(52-46(58)62-4)17-19-65(6,60)61/h7,10-12,14-16,21-24,26,30-31,35,41-42H,1,8-9,13,17-20,25H2,2-6H3,(H,48,49)(H,50,51)(H,52,58)(H,53,59). The van der Waals surface area contributed by atoms with E-state index < -0.39 is 34.1 Å². The van der Waals surface area contributed by atoms with Crippen LogP contribution in [-0.4, -0.2) is 113 Å². The molecular formula is C47H54N8O8S2.